The van der Waals surface area contributed by atoms with Gasteiger partial charge in [-0.25, -0.2) is 4.68 Å². The van der Waals surface area contributed by atoms with Gasteiger partial charge in [-0.3, -0.25) is 4.79 Å². The largest absolute Gasteiger partial charge is 0.497 e. The fraction of sp³-hybridized carbons (Fsp3) is 0.125. The van der Waals surface area contributed by atoms with Crippen LogP contribution in [-0.2, 0) is 11.2 Å². The lowest BCUT2D eigenvalue weighted by molar-refractivity contribution is -0.116. The van der Waals surface area contributed by atoms with Gasteiger partial charge < -0.3 is 15.8 Å². The lowest BCUT2D eigenvalue weighted by Gasteiger charge is -2.10. The van der Waals surface area contributed by atoms with Crippen LogP contribution < -0.4 is 15.8 Å². The van der Waals surface area contributed by atoms with E-state index >= 15 is 0 Å². The van der Waals surface area contributed by atoms with E-state index in [0.717, 1.165) is 28.3 Å². The maximum Gasteiger partial charge on any atom is 0.224 e. The maximum absolute atomic E-state index is 12.5. The predicted octanol–water partition coefficient (Wildman–Crippen LogP) is 4.10. The summed E-state index contributed by atoms with van der Waals surface area (Å²) in [5.41, 5.74) is 10.9. The minimum absolute atomic E-state index is 0.129. The van der Waals surface area contributed by atoms with Crippen molar-refractivity contribution in [1.82, 2.24) is 15.0 Å². The highest BCUT2D eigenvalue weighted by Gasteiger charge is 2.10. The third-order valence-electron chi connectivity index (χ3n) is 4.92. The summed E-state index contributed by atoms with van der Waals surface area (Å²) in [6, 6.07) is 23.1. The van der Waals surface area contributed by atoms with Crippen molar-refractivity contribution in [1.29, 1.82) is 0 Å². The summed E-state index contributed by atoms with van der Waals surface area (Å²) in [6.45, 7) is 0. The number of hydrogen-bond acceptors (Lipinski definition) is 5. The topological polar surface area (TPSA) is 95.1 Å². The standard InChI is InChI=1S/C24H23N5O2/c1-31-21-11-9-20(10-12-21)29-16-19(27-28-29)8-14-24(30)26-23-15-18(7-13-22(23)25)17-5-3-2-4-6-17/h2-7,9-13,15-16H,8,14,25H2,1H3,(H,26,30). The van der Waals surface area contributed by atoms with Gasteiger partial charge in [0.1, 0.15) is 5.75 Å². The first-order valence-electron chi connectivity index (χ1n) is 9.93. The van der Waals surface area contributed by atoms with Crippen LogP contribution >= 0.6 is 0 Å². The Bertz CT molecular complexity index is 1170. The van der Waals surface area contributed by atoms with Gasteiger partial charge in [0, 0.05) is 12.8 Å². The molecule has 0 fully saturated rings. The minimum atomic E-state index is -0.129. The van der Waals surface area contributed by atoms with Gasteiger partial charge in [-0.15, -0.1) is 5.10 Å². The van der Waals surface area contributed by atoms with Crippen LogP contribution in [0.4, 0.5) is 11.4 Å². The highest BCUT2D eigenvalue weighted by Crippen LogP contribution is 2.27. The summed E-state index contributed by atoms with van der Waals surface area (Å²) in [5.74, 6) is 0.646. The molecule has 0 saturated heterocycles. The summed E-state index contributed by atoms with van der Waals surface area (Å²) in [5, 5.41) is 11.2. The molecule has 0 aliphatic heterocycles. The number of carbonyl (C=O) groups excluding carboxylic acids is 1. The van der Waals surface area contributed by atoms with Crippen LogP contribution in [0, 0.1) is 0 Å². The molecule has 4 aromatic rings. The summed E-state index contributed by atoms with van der Waals surface area (Å²) < 4.78 is 6.84. The van der Waals surface area contributed by atoms with Crippen molar-refractivity contribution in [2.45, 2.75) is 12.8 Å². The van der Waals surface area contributed by atoms with E-state index in [1.165, 1.54) is 0 Å². The van der Waals surface area contributed by atoms with Crippen LogP contribution in [0.3, 0.4) is 0 Å². The Labute approximate surface area is 180 Å². The van der Waals surface area contributed by atoms with E-state index in [9.17, 15) is 4.79 Å². The predicted molar refractivity (Wildman–Crippen MR) is 121 cm³/mol. The normalized spacial score (nSPS) is 10.6. The SMILES string of the molecule is COc1ccc(-n2cc(CCC(=O)Nc3cc(-c4ccccc4)ccc3N)nn2)cc1. The van der Waals surface area contributed by atoms with E-state index in [0.29, 0.717) is 17.8 Å². The third-order valence-corrected chi connectivity index (χ3v) is 4.92. The molecule has 7 heteroatoms. The zero-order valence-electron chi connectivity index (χ0n) is 17.2. The zero-order valence-corrected chi connectivity index (χ0v) is 17.2. The molecule has 1 aromatic heterocycles. The molecule has 0 atom stereocenters. The van der Waals surface area contributed by atoms with E-state index in [4.69, 9.17) is 10.5 Å². The fourth-order valence-corrected chi connectivity index (χ4v) is 3.20. The van der Waals surface area contributed by atoms with Gasteiger partial charge in [-0.2, -0.15) is 0 Å². The molecule has 0 saturated carbocycles. The lowest BCUT2D eigenvalue weighted by Crippen LogP contribution is -2.13. The number of nitrogens with two attached hydrogens (primary N) is 1. The molecular formula is C24H23N5O2. The average molecular weight is 413 g/mol. The molecule has 0 radical (unpaired) electrons. The number of nitrogen functional groups attached to an aromatic ring is 1. The van der Waals surface area contributed by atoms with E-state index < -0.39 is 0 Å². The first-order valence-corrected chi connectivity index (χ1v) is 9.93. The molecule has 156 valence electrons. The van der Waals surface area contributed by atoms with Crippen molar-refractivity contribution in [2.24, 2.45) is 0 Å². The number of anilines is 2. The number of amides is 1. The molecule has 3 aromatic carbocycles. The van der Waals surface area contributed by atoms with Crippen molar-refractivity contribution < 1.29 is 9.53 Å². The molecule has 0 aliphatic rings. The highest BCUT2D eigenvalue weighted by molar-refractivity contribution is 5.95. The number of carbonyl (C=O) groups is 1. The summed E-state index contributed by atoms with van der Waals surface area (Å²) >= 11 is 0. The quantitative estimate of drug-likeness (QED) is 0.445. The summed E-state index contributed by atoms with van der Waals surface area (Å²) in [4.78, 5) is 12.5. The number of nitrogens with one attached hydrogen (secondary N) is 1. The van der Waals surface area contributed by atoms with E-state index in [1.54, 1.807) is 17.9 Å². The van der Waals surface area contributed by atoms with Gasteiger partial charge in [0.15, 0.2) is 0 Å². The second kappa shape index (κ2) is 9.13. The summed E-state index contributed by atoms with van der Waals surface area (Å²) in [7, 11) is 1.62. The van der Waals surface area contributed by atoms with Gasteiger partial charge in [-0.05, 0) is 47.5 Å². The number of benzene rings is 3. The number of rotatable bonds is 7. The van der Waals surface area contributed by atoms with Crippen molar-refractivity contribution in [2.75, 3.05) is 18.2 Å². The molecular weight excluding hydrogens is 390 g/mol. The third kappa shape index (κ3) is 4.90. The monoisotopic (exact) mass is 413 g/mol. The number of ether oxygens (including phenoxy) is 1. The molecule has 0 unspecified atom stereocenters. The lowest BCUT2D eigenvalue weighted by atomic mass is 10.0. The number of nitrogens with zero attached hydrogens (tertiary/aromatic N) is 3. The number of aromatic nitrogens is 3. The summed E-state index contributed by atoms with van der Waals surface area (Å²) in [6.07, 6.45) is 2.57. The number of methoxy groups -OCH3 is 1. The van der Waals surface area contributed by atoms with Crippen molar-refractivity contribution in [3.8, 4) is 22.6 Å². The molecule has 3 N–H and O–H groups in total. The first-order chi connectivity index (χ1) is 15.1. The zero-order chi connectivity index (χ0) is 21.6. The fourth-order valence-electron chi connectivity index (χ4n) is 3.20. The van der Waals surface area contributed by atoms with Gasteiger partial charge in [0.25, 0.3) is 0 Å². The van der Waals surface area contributed by atoms with Gasteiger partial charge in [0.05, 0.1) is 36.1 Å². The van der Waals surface area contributed by atoms with E-state index in [1.807, 2.05) is 72.9 Å². The van der Waals surface area contributed by atoms with Crippen LogP contribution in [0.25, 0.3) is 16.8 Å². The Morgan fingerprint density at radius 2 is 1.81 bits per heavy atom. The maximum atomic E-state index is 12.5. The number of hydrogen-bond donors (Lipinski definition) is 2. The Morgan fingerprint density at radius 3 is 2.55 bits per heavy atom. The second-order valence-corrected chi connectivity index (χ2v) is 7.07. The van der Waals surface area contributed by atoms with Crippen LogP contribution in [-0.4, -0.2) is 28.0 Å². The van der Waals surface area contributed by atoms with Crippen molar-refractivity contribution >= 4 is 17.3 Å². The van der Waals surface area contributed by atoms with Crippen molar-refractivity contribution in [3.05, 3.63) is 84.7 Å². The number of aryl methyl sites for hydroxylation is 1. The average Bonchev–Trinajstić information content (AvgIpc) is 3.29. The van der Waals surface area contributed by atoms with Gasteiger partial charge >= 0.3 is 0 Å². The van der Waals surface area contributed by atoms with Crippen LogP contribution in [0.5, 0.6) is 5.75 Å². The smallest absolute Gasteiger partial charge is 0.224 e. The molecule has 7 nitrogen and oxygen atoms in total. The minimum Gasteiger partial charge on any atom is -0.497 e. The molecule has 1 heterocycles. The Hall–Kier alpha value is -4.13. The Balaban J connectivity index is 1.38. The molecule has 1 amide bonds. The molecule has 0 bridgehead atoms. The molecule has 31 heavy (non-hydrogen) atoms. The Kier molecular flexibility index (Phi) is 5.93. The van der Waals surface area contributed by atoms with E-state index in [2.05, 4.69) is 15.6 Å². The molecule has 0 aliphatic carbocycles. The van der Waals surface area contributed by atoms with Crippen LogP contribution in [0.15, 0.2) is 79.0 Å². The Morgan fingerprint density at radius 1 is 1.03 bits per heavy atom. The van der Waals surface area contributed by atoms with Gasteiger partial charge in [0.2, 0.25) is 5.91 Å². The first kappa shape index (κ1) is 20.2. The van der Waals surface area contributed by atoms with Crippen LogP contribution in [0.2, 0.25) is 0 Å². The highest BCUT2D eigenvalue weighted by atomic mass is 16.5. The van der Waals surface area contributed by atoms with Crippen LogP contribution in [0.1, 0.15) is 12.1 Å². The molecule has 4 rings (SSSR count). The van der Waals surface area contributed by atoms with Gasteiger partial charge in [-0.1, -0.05) is 41.6 Å². The second-order valence-electron chi connectivity index (χ2n) is 7.07. The van der Waals surface area contributed by atoms with Crippen molar-refractivity contribution in [3.63, 3.8) is 0 Å². The van der Waals surface area contributed by atoms with E-state index in [-0.39, 0.29) is 12.3 Å². The molecule has 0 spiro atoms.